The Hall–Kier alpha value is -1.14. The Bertz CT molecular complexity index is 277. The Balaban J connectivity index is 2.70. The van der Waals surface area contributed by atoms with Crippen LogP contribution in [-0.4, -0.2) is 55.5 Å². The number of nitrogens with two attached hydrogens (primary N) is 1. The Kier molecular flexibility index (Phi) is 5.37. The van der Waals surface area contributed by atoms with Gasteiger partial charge in [0.15, 0.2) is 0 Å². The first-order valence-electron chi connectivity index (χ1n) is 6.02. The highest BCUT2D eigenvalue weighted by Gasteiger charge is 2.29. The summed E-state index contributed by atoms with van der Waals surface area (Å²) in [6, 6.07) is -0.0772. The van der Waals surface area contributed by atoms with Crippen molar-refractivity contribution in [3.05, 3.63) is 0 Å². The van der Waals surface area contributed by atoms with Crippen LogP contribution in [-0.2, 0) is 9.59 Å². The van der Waals surface area contributed by atoms with Gasteiger partial charge in [-0.3, -0.25) is 14.5 Å². The molecule has 1 rings (SSSR count). The Morgan fingerprint density at radius 3 is 2.53 bits per heavy atom. The van der Waals surface area contributed by atoms with Gasteiger partial charge in [0, 0.05) is 13.1 Å². The first kappa shape index (κ1) is 13.9. The number of piperidine rings is 1. The Labute approximate surface area is 102 Å². The van der Waals surface area contributed by atoms with Crippen LogP contribution in [0.2, 0.25) is 0 Å². The van der Waals surface area contributed by atoms with Crippen molar-refractivity contribution < 1.29 is 9.59 Å². The summed E-state index contributed by atoms with van der Waals surface area (Å²) in [7, 11) is 1.60. The number of nitrogens with one attached hydrogen (secondary N) is 2. The summed E-state index contributed by atoms with van der Waals surface area (Å²) in [6.45, 7) is 3.78. The largest absolute Gasteiger partial charge is 0.369 e. The van der Waals surface area contributed by atoms with E-state index >= 15 is 0 Å². The molecule has 1 heterocycles. The molecule has 98 valence electrons. The van der Waals surface area contributed by atoms with Gasteiger partial charge in [-0.05, 0) is 32.9 Å². The molecule has 0 radical (unpaired) electrons. The van der Waals surface area contributed by atoms with Gasteiger partial charge in [0.1, 0.15) is 0 Å². The molecule has 6 nitrogen and oxygen atoms in total. The summed E-state index contributed by atoms with van der Waals surface area (Å²) in [5, 5.41) is 5.87. The molecular weight excluding hydrogens is 220 g/mol. The molecule has 4 N–H and O–H groups in total. The highest BCUT2D eigenvalue weighted by molar-refractivity contribution is 5.82. The van der Waals surface area contributed by atoms with E-state index in [9.17, 15) is 9.59 Å². The van der Waals surface area contributed by atoms with Crippen molar-refractivity contribution in [1.82, 2.24) is 15.5 Å². The molecule has 0 bridgehead atoms. The molecule has 17 heavy (non-hydrogen) atoms. The summed E-state index contributed by atoms with van der Waals surface area (Å²) in [5.41, 5.74) is 5.25. The number of rotatable bonds is 5. The quantitative estimate of drug-likeness (QED) is 0.557. The van der Waals surface area contributed by atoms with E-state index in [0.29, 0.717) is 0 Å². The topological polar surface area (TPSA) is 87.5 Å². The minimum atomic E-state index is -0.390. The van der Waals surface area contributed by atoms with E-state index in [0.717, 1.165) is 25.9 Å². The van der Waals surface area contributed by atoms with E-state index in [1.165, 1.54) is 0 Å². The molecular formula is C11H22N4O2. The second-order valence-electron chi connectivity index (χ2n) is 4.41. The van der Waals surface area contributed by atoms with Crippen molar-refractivity contribution in [2.45, 2.75) is 31.8 Å². The smallest absolute Gasteiger partial charge is 0.236 e. The maximum atomic E-state index is 11.7. The fourth-order valence-corrected chi connectivity index (χ4v) is 2.26. The van der Waals surface area contributed by atoms with Crippen LogP contribution in [0.1, 0.15) is 19.8 Å². The monoisotopic (exact) mass is 242 g/mol. The van der Waals surface area contributed by atoms with Gasteiger partial charge in [0.25, 0.3) is 0 Å². The molecule has 1 atom stereocenters. The zero-order valence-electron chi connectivity index (χ0n) is 10.5. The minimum Gasteiger partial charge on any atom is -0.369 e. The average Bonchev–Trinajstić information content (AvgIpc) is 2.35. The Morgan fingerprint density at radius 1 is 1.47 bits per heavy atom. The summed E-state index contributed by atoms with van der Waals surface area (Å²) in [5.74, 6) is -0.468. The second-order valence-corrected chi connectivity index (χ2v) is 4.41. The van der Waals surface area contributed by atoms with Crippen LogP contribution in [0.5, 0.6) is 0 Å². The lowest BCUT2D eigenvalue weighted by atomic mass is 10.0. The predicted octanol–water partition coefficient (Wildman–Crippen LogP) is -1.34. The maximum absolute atomic E-state index is 11.7. The van der Waals surface area contributed by atoms with Gasteiger partial charge in [-0.25, -0.2) is 0 Å². The molecule has 2 amide bonds. The third kappa shape index (κ3) is 3.98. The molecule has 1 unspecified atom stereocenters. The van der Waals surface area contributed by atoms with E-state index in [2.05, 4.69) is 10.6 Å². The number of hydrogen-bond donors (Lipinski definition) is 3. The standard InChI is InChI=1S/C11H22N4O2/c1-8(11(17)13-2)15(7-10(12)16)9-3-5-14-6-4-9/h8-9,14H,3-7H2,1-2H3,(H2,12,16)(H,13,17). The maximum Gasteiger partial charge on any atom is 0.236 e. The highest BCUT2D eigenvalue weighted by atomic mass is 16.2. The lowest BCUT2D eigenvalue weighted by Crippen LogP contribution is -2.54. The van der Waals surface area contributed by atoms with Gasteiger partial charge in [-0.15, -0.1) is 0 Å². The van der Waals surface area contributed by atoms with Crippen molar-refractivity contribution in [3.63, 3.8) is 0 Å². The normalized spacial score (nSPS) is 19.0. The molecule has 0 aromatic rings. The van der Waals surface area contributed by atoms with Gasteiger partial charge in [0.2, 0.25) is 11.8 Å². The van der Waals surface area contributed by atoms with Crippen LogP contribution in [0.15, 0.2) is 0 Å². The Morgan fingerprint density at radius 2 is 2.06 bits per heavy atom. The molecule has 6 heteroatoms. The average molecular weight is 242 g/mol. The van der Waals surface area contributed by atoms with Crippen molar-refractivity contribution in [3.8, 4) is 0 Å². The van der Waals surface area contributed by atoms with Crippen LogP contribution in [0.4, 0.5) is 0 Å². The minimum absolute atomic E-state index is 0.0789. The zero-order chi connectivity index (χ0) is 12.8. The first-order valence-corrected chi connectivity index (χ1v) is 6.02. The lowest BCUT2D eigenvalue weighted by molar-refractivity contribution is -0.128. The summed E-state index contributed by atoms with van der Waals surface area (Å²) in [6.07, 6.45) is 1.88. The van der Waals surface area contributed by atoms with Crippen molar-refractivity contribution in [1.29, 1.82) is 0 Å². The zero-order valence-corrected chi connectivity index (χ0v) is 10.5. The molecule has 1 aliphatic rings. The predicted molar refractivity (Wildman–Crippen MR) is 65.3 cm³/mol. The summed E-state index contributed by atoms with van der Waals surface area (Å²) in [4.78, 5) is 24.7. The third-order valence-corrected chi connectivity index (χ3v) is 3.24. The number of carbonyl (C=O) groups is 2. The fourth-order valence-electron chi connectivity index (χ4n) is 2.26. The van der Waals surface area contributed by atoms with Crippen LogP contribution in [0.3, 0.4) is 0 Å². The SMILES string of the molecule is CNC(=O)C(C)N(CC(N)=O)C1CCNCC1. The third-order valence-electron chi connectivity index (χ3n) is 3.24. The number of primary amides is 1. The van der Waals surface area contributed by atoms with E-state index in [1.54, 1.807) is 7.05 Å². The van der Waals surface area contributed by atoms with Crippen LogP contribution in [0.25, 0.3) is 0 Å². The number of carbonyl (C=O) groups excluding carboxylic acids is 2. The van der Waals surface area contributed by atoms with E-state index in [1.807, 2.05) is 11.8 Å². The summed E-state index contributed by atoms with van der Waals surface area (Å²) >= 11 is 0. The fraction of sp³-hybridized carbons (Fsp3) is 0.818. The van der Waals surface area contributed by atoms with E-state index in [4.69, 9.17) is 5.73 Å². The first-order chi connectivity index (χ1) is 8.06. The van der Waals surface area contributed by atoms with Gasteiger partial charge >= 0.3 is 0 Å². The van der Waals surface area contributed by atoms with Crippen molar-refractivity contribution in [2.24, 2.45) is 5.73 Å². The second kappa shape index (κ2) is 6.56. The highest BCUT2D eigenvalue weighted by Crippen LogP contribution is 2.14. The van der Waals surface area contributed by atoms with Crippen molar-refractivity contribution >= 4 is 11.8 Å². The van der Waals surface area contributed by atoms with E-state index < -0.39 is 0 Å². The van der Waals surface area contributed by atoms with Crippen molar-refractivity contribution in [2.75, 3.05) is 26.7 Å². The molecule has 0 aromatic carbocycles. The molecule has 0 saturated carbocycles. The number of amides is 2. The molecule has 0 aliphatic carbocycles. The molecule has 1 fully saturated rings. The van der Waals surface area contributed by atoms with Gasteiger partial charge < -0.3 is 16.4 Å². The van der Waals surface area contributed by atoms with Crippen LogP contribution < -0.4 is 16.4 Å². The van der Waals surface area contributed by atoms with E-state index in [-0.39, 0.29) is 30.4 Å². The molecule has 0 spiro atoms. The number of nitrogens with zero attached hydrogens (tertiary/aromatic N) is 1. The molecule has 1 aliphatic heterocycles. The van der Waals surface area contributed by atoms with Gasteiger partial charge in [0.05, 0.1) is 12.6 Å². The van der Waals surface area contributed by atoms with Gasteiger partial charge in [-0.1, -0.05) is 0 Å². The molecule has 0 aromatic heterocycles. The summed E-state index contributed by atoms with van der Waals surface area (Å²) < 4.78 is 0. The van der Waals surface area contributed by atoms with Gasteiger partial charge in [-0.2, -0.15) is 0 Å². The van der Waals surface area contributed by atoms with Crippen LogP contribution in [0, 0.1) is 0 Å². The molecule has 1 saturated heterocycles. The van der Waals surface area contributed by atoms with Crippen LogP contribution >= 0.6 is 0 Å². The number of hydrogen-bond acceptors (Lipinski definition) is 4. The lowest BCUT2D eigenvalue weighted by Gasteiger charge is -2.37. The number of likely N-dealkylation sites (N-methyl/N-ethyl adjacent to an activating group) is 1.